The van der Waals surface area contributed by atoms with Crippen molar-refractivity contribution >= 4 is 11.5 Å². The van der Waals surface area contributed by atoms with E-state index in [2.05, 4.69) is 6.58 Å². The Morgan fingerprint density at radius 2 is 1.24 bits per heavy atom. The normalized spacial score (nSPS) is 10.5. The summed E-state index contributed by atoms with van der Waals surface area (Å²) in [6.07, 6.45) is 0. The summed E-state index contributed by atoms with van der Waals surface area (Å²) in [6.45, 7) is 3.66. The van der Waals surface area contributed by atoms with Crippen LogP contribution in [0.5, 0.6) is 0 Å². The number of hydrogen-bond donors (Lipinski definition) is 1. The summed E-state index contributed by atoms with van der Waals surface area (Å²) in [7, 11) is 0. The zero-order valence-electron chi connectivity index (χ0n) is 15.6. The van der Waals surface area contributed by atoms with Gasteiger partial charge in [0.2, 0.25) is 0 Å². The SMILES string of the molecule is C=C(C(=O)O)c1cccc(-c2cc(-c3ccccc3)nc(-c3ccccc3)n2)c1. The third-order valence-corrected chi connectivity index (χ3v) is 4.59. The molecule has 140 valence electrons. The molecule has 0 atom stereocenters. The van der Waals surface area contributed by atoms with Crippen LogP contribution in [0.1, 0.15) is 5.56 Å². The molecule has 0 bridgehead atoms. The fraction of sp³-hybridized carbons (Fsp3) is 0. The Labute approximate surface area is 168 Å². The van der Waals surface area contributed by atoms with Crippen LogP contribution in [0.2, 0.25) is 0 Å². The lowest BCUT2D eigenvalue weighted by Gasteiger charge is -2.10. The Morgan fingerprint density at radius 3 is 1.86 bits per heavy atom. The maximum Gasteiger partial charge on any atom is 0.335 e. The van der Waals surface area contributed by atoms with Gasteiger partial charge in [0.15, 0.2) is 5.82 Å². The smallest absolute Gasteiger partial charge is 0.335 e. The molecule has 0 aliphatic carbocycles. The zero-order valence-corrected chi connectivity index (χ0v) is 15.6. The summed E-state index contributed by atoms with van der Waals surface area (Å²) in [5, 5.41) is 9.26. The van der Waals surface area contributed by atoms with E-state index < -0.39 is 5.97 Å². The molecule has 0 unspecified atom stereocenters. The lowest BCUT2D eigenvalue weighted by atomic mass is 10.0. The highest BCUT2D eigenvalue weighted by Crippen LogP contribution is 2.28. The molecule has 0 aliphatic heterocycles. The molecule has 4 aromatic rings. The van der Waals surface area contributed by atoms with Crippen LogP contribution in [-0.2, 0) is 4.79 Å². The van der Waals surface area contributed by atoms with Gasteiger partial charge in [-0.05, 0) is 17.7 Å². The molecule has 1 N–H and O–H groups in total. The van der Waals surface area contributed by atoms with E-state index in [0.29, 0.717) is 11.4 Å². The lowest BCUT2D eigenvalue weighted by Crippen LogP contribution is -1.99. The van der Waals surface area contributed by atoms with Crippen LogP contribution in [0.15, 0.2) is 97.6 Å². The average molecular weight is 378 g/mol. The minimum atomic E-state index is -1.04. The Bertz CT molecular complexity index is 1130. The first-order valence-corrected chi connectivity index (χ1v) is 9.15. The quantitative estimate of drug-likeness (QED) is 0.461. The summed E-state index contributed by atoms with van der Waals surface area (Å²) in [5.74, 6) is -0.427. The Kier molecular flexibility index (Phi) is 4.99. The highest BCUT2D eigenvalue weighted by molar-refractivity contribution is 6.14. The number of hydrogen-bond acceptors (Lipinski definition) is 3. The van der Waals surface area contributed by atoms with Gasteiger partial charge < -0.3 is 5.11 Å². The Hall–Kier alpha value is -4.05. The van der Waals surface area contributed by atoms with Crippen molar-refractivity contribution < 1.29 is 9.90 Å². The number of nitrogens with zero attached hydrogens (tertiary/aromatic N) is 2. The van der Waals surface area contributed by atoms with E-state index in [1.807, 2.05) is 78.9 Å². The van der Waals surface area contributed by atoms with Gasteiger partial charge in [0, 0.05) is 16.7 Å². The summed E-state index contributed by atoms with van der Waals surface area (Å²) in [6, 6.07) is 28.9. The number of aliphatic carboxylic acids is 1. The van der Waals surface area contributed by atoms with Gasteiger partial charge in [0.25, 0.3) is 0 Å². The van der Waals surface area contributed by atoms with E-state index in [4.69, 9.17) is 9.97 Å². The molecular weight excluding hydrogens is 360 g/mol. The van der Waals surface area contributed by atoms with Crippen LogP contribution in [0.3, 0.4) is 0 Å². The van der Waals surface area contributed by atoms with Crippen LogP contribution >= 0.6 is 0 Å². The van der Waals surface area contributed by atoms with E-state index in [9.17, 15) is 9.90 Å². The number of aromatic nitrogens is 2. The molecule has 3 aromatic carbocycles. The predicted octanol–water partition coefficient (Wildman–Crippen LogP) is 5.58. The first kappa shape index (κ1) is 18.3. The highest BCUT2D eigenvalue weighted by atomic mass is 16.4. The van der Waals surface area contributed by atoms with Crippen LogP contribution in [0, 0.1) is 0 Å². The van der Waals surface area contributed by atoms with Crippen molar-refractivity contribution in [3.05, 3.63) is 103 Å². The van der Waals surface area contributed by atoms with Gasteiger partial charge in [0.05, 0.1) is 17.0 Å². The van der Waals surface area contributed by atoms with Crippen molar-refractivity contribution in [3.8, 4) is 33.9 Å². The maximum absolute atomic E-state index is 11.3. The van der Waals surface area contributed by atoms with E-state index in [1.165, 1.54) is 0 Å². The molecule has 4 rings (SSSR count). The molecule has 4 nitrogen and oxygen atoms in total. The van der Waals surface area contributed by atoms with Crippen molar-refractivity contribution in [2.45, 2.75) is 0 Å². The summed E-state index contributed by atoms with van der Waals surface area (Å²) >= 11 is 0. The Balaban J connectivity index is 1.88. The first-order valence-electron chi connectivity index (χ1n) is 9.15. The van der Waals surface area contributed by atoms with Crippen LogP contribution in [-0.4, -0.2) is 21.0 Å². The molecule has 29 heavy (non-hydrogen) atoms. The number of carbonyl (C=O) groups is 1. The number of carboxylic acid groups (broad SMARTS) is 1. The van der Waals surface area contributed by atoms with Crippen molar-refractivity contribution in [2.24, 2.45) is 0 Å². The van der Waals surface area contributed by atoms with Crippen LogP contribution in [0.4, 0.5) is 0 Å². The molecule has 4 heteroatoms. The number of carboxylic acids is 1. The van der Waals surface area contributed by atoms with Crippen LogP contribution in [0.25, 0.3) is 39.5 Å². The predicted molar refractivity (Wildman–Crippen MR) is 115 cm³/mol. The van der Waals surface area contributed by atoms with E-state index >= 15 is 0 Å². The summed E-state index contributed by atoms with van der Waals surface area (Å²) in [4.78, 5) is 20.8. The fourth-order valence-corrected chi connectivity index (χ4v) is 3.06. The molecular formula is C25H18N2O2. The molecule has 0 saturated heterocycles. The largest absolute Gasteiger partial charge is 0.478 e. The van der Waals surface area contributed by atoms with E-state index in [-0.39, 0.29) is 5.57 Å². The Morgan fingerprint density at radius 1 is 0.690 bits per heavy atom. The van der Waals surface area contributed by atoms with Gasteiger partial charge in [0.1, 0.15) is 0 Å². The second-order valence-electron chi connectivity index (χ2n) is 6.56. The molecule has 0 aliphatic rings. The van der Waals surface area contributed by atoms with Gasteiger partial charge in [-0.15, -0.1) is 0 Å². The van der Waals surface area contributed by atoms with Crippen molar-refractivity contribution in [1.82, 2.24) is 9.97 Å². The van der Waals surface area contributed by atoms with Crippen LogP contribution < -0.4 is 0 Å². The van der Waals surface area contributed by atoms with Crippen molar-refractivity contribution in [3.63, 3.8) is 0 Å². The topological polar surface area (TPSA) is 63.1 Å². The first-order chi connectivity index (χ1) is 14.1. The van der Waals surface area contributed by atoms with Gasteiger partial charge in [-0.2, -0.15) is 0 Å². The standard InChI is InChI=1S/C25H18N2O2/c1-17(25(28)29)20-13-8-14-21(15-20)23-16-22(18-9-4-2-5-10-18)26-24(27-23)19-11-6-3-7-12-19/h2-16H,1H2,(H,28,29). The average Bonchev–Trinajstić information content (AvgIpc) is 2.79. The molecule has 1 heterocycles. The summed E-state index contributed by atoms with van der Waals surface area (Å²) < 4.78 is 0. The minimum Gasteiger partial charge on any atom is -0.478 e. The molecule has 0 amide bonds. The monoisotopic (exact) mass is 378 g/mol. The van der Waals surface area contributed by atoms with E-state index in [1.54, 1.807) is 12.1 Å². The molecule has 1 aromatic heterocycles. The van der Waals surface area contributed by atoms with Gasteiger partial charge >= 0.3 is 5.97 Å². The van der Waals surface area contributed by atoms with Gasteiger partial charge in [-0.3, -0.25) is 0 Å². The zero-order chi connectivity index (χ0) is 20.2. The lowest BCUT2D eigenvalue weighted by molar-refractivity contribution is -0.130. The van der Waals surface area contributed by atoms with Gasteiger partial charge in [-0.25, -0.2) is 14.8 Å². The molecule has 0 saturated carbocycles. The minimum absolute atomic E-state index is 0.0486. The van der Waals surface area contributed by atoms with Crippen molar-refractivity contribution in [2.75, 3.05) is 0 Å². The third-order valence-electron chi connectivity index (χ3n) is 4.59. The number of benzene rings is 3. The number of rotatable bonds is 5. The molecule has 0 fully saturated rings. The van der Waals surface area contributed by atoms with Crippen molar-refractivity contribution in [1.29, 1.82) is 0 Å². The van der Waals surface area contributed by atoms with E-state index in [0.717, 1.165) is 28.1 Å². The maximum atomic E-state index is 11.3. The molecule has 0 spiro atoms. The molecule has 0 radical (unpaired) electrons. The summed E-state index contributed by atoms with van der Waals surface area (Å²) in [5.41, 5.74) is 4.83. The second-order valence-corrected chi connectivity index (χ2v) is 6.56. The van der Waals surface area contributed by atoms with Gasteiger partial charge in [-0.1, -0.05) is 85.4 Å². The third kappa shape index (κ3) is 3.96. The second kappa shape index (κ2) is 7.90. The fourth-order valence-electron chi connectivity index (χ4n) is 3.06. The highest BCUT2D eigenvalue weighted by Gasteiger charge is 2.12.